The monoisotopic (exact) mass is 387 g/mol. The van der Waals surface area contributed by atoms with E-state index in [0.717, 1.165) is 0 Å². The number of rotatable bonds is 1. The van der Waals surface area contributed by atoms with Gasteiger partial charge in [-0.05, 0) is 19.1 Å². The molecule has 0 saturated carbocycles. The Labute approximate surface area is 160 Å². The van der Waals surface area contributed by atoms with Gasteiger partial charge in [0.05, 0.1) is 11.2 Å². The minimum absolute atomic E-state index is 0.0440. The Morgan fingerprint density at radius 1 is 1.37 bits per heavy atom. The highest BCUT2D eigenvalue weighted by atomic mass is 35.5. The fourth-order valence-electron chi connectivity index (χ4n) is 4.50. The van der Waals surface area contributed by atoms with Gasteiger partial charge in [0.2, 0.25) is 0 Å². The molecule has 2 fully saturated rings. The van der Waals surface area contributed by atoms with Crippen LogP contribution in [0.3, 0.4) is 0 Å². The zero-order valence-electron chi connectivity index (χ0n) is 14.9. The van der Waals surface area contributed by atoms with Crippen molar-refractivity contribution in [3.63, 3.8) is 0 Å². The van der Waals surface area contributed by atoms with Crippen molar-refractivity contribution < 1.29 is 9.90 Å². The molecule has 0 aromatic carbocycles. The number of aromatic nitrogens is 2. The summed E-state index contributed by atoms with van der Waals surface area (Å²) in [5.74, 6) is 0.298. The summed E-state index contributed by atoms with van der Waals surface area (Å²) in [6, 6.07) is 5.26. The van der Waals surface area contributed by atoms with Crippen LogP contribution in [0.4, 0.5) is 10.5 Å². The number of carboxylic acid groups (broad SMARTS) is 1. The molecule has 0 unspecified atom stereocenters. The Morgan fingerprint density at radius 3 is 2.74 bits per heavy atom. The first-order chi connectivity index (χ1) is 12.8. The molecule has 4 heterocycles. The molecule has 8 nitrogen and oxygen atoms in total. The highest BCUT2D eigenvalue weighted by Crippen LogP contribution is 2.40. The van der Waals surface area contributed by atoms with Crippen LogP contribution < -0.4 is 10.5 Å². The predicted molar refractivity (Wildman–Crippen MR) is 100 cm³/mol. The number of hydrogen-bond acceptors (Lipinski definition) is 5. The fourth-order valence-corrected chi connectivity index (χ4v) is 4.65. The molecule has 2 aliphatic rings. The van der Waals surface area contributed by atoms with Crippen LogP contribution in [0, 0.1) is 23.2 Å². The quantitative estimate of drug-likeness (QED) is 0.749. The molecular formula is C18H18ClN5O3. The van der Waals surface area contributed by atoms with E-state index in [1.54, 1.807) is 19.2 Å². The summed E-state index contributed by atoms with van der Waals surface area (Å²) in [5.41, 5.74) is 1.30. The number of nitrogens with zero attached hydrogens (tertiary/aromatic N) is 5. The second kappa shape index (κ2) is 6.13. The summed E-state index contributed by atoms with van der Waals surface area (Å²) in [6.45, 7) is 3.51. The summed E-state index contributed by atoms with van der Waals surface area (Å²) in [4.78, 5) is 31.9. The van der Waals surface area contributed by atoms with Gasteiger partial charge in [-0.2, -0.15) is 5.26 Å². The summed E-state index contributed by atoms with van der Waals surface area (Å²) >= 11 is 6.09. The molecule has 0 spiro atoms. The summed E-state index contributed by atoms with van der Waals surface area (Å²) in [5, 5.41) is 19.3. The first-order valence-corrected chi connectivity index (χ1v) is 9.05. The number of hydrogen-bond donors (Lipinski definition) is 1. The van der Waals surface area contributed by atoms with E-state index in [4.69, 9.17) is 11.6 Å². The van der Waals surface area contributed by atoms with Gasteiger partial charge in [0, 0.05) is 44.6 Å². The lowest BCUT2D eigenvalue weighted by molar-refractivity contribution is 0.138. The van der Waals surface area contributed by atoms with E-state index in [9.17, 15) is 20.0 Å². The number of halogens is 1. The van der Waals surface area contributed by atoms with E-state index >= 15 is 0 Å². The van der Waals surface area contributed by atoms with E-state index in [1.165, 1.54) is 9.47 Å². The molecule has 0 radical (unpaired) electrons. The maximum absolute atomic E-state index is 12.7. The maximum atomic E-state index is 12.7. The van der Waals surface area contributed by atoms with E-state index < -0.39 is 6.09 Å². The molecule has 4 rings (SSSR count). The Morgan fingerprint density at radius 2 is 2.11 bits per heavy atom. The minimum atomic E-state index is -0.909. The Kier molecular flexibility index (Phi) is 4.00. The van der Waals surface area contributed by atoms with Gasteiger partial charge in [-0.15, -0.1) is 0 Å². The van der Waals surface area contributed by atoms with Gasteiger partial charge < -0.3 is 19.5 Å². The number of nitriles is 1. The molecule has 0 aliphatic carbocycles. The number of aryl methyl sites for hydroxylation is 1. The molecule has 1 amide bonds. The molecule has 27 heavy (non-hydrogen) atoms. The van der Waals surface area contributed by atoms with Gasteiger partial charge in [-0.3, -0.25) is 4.79 Å². The molecule has 2 aromatic heterocycles. The number of fused-ring (bicyclic) bond motifs is 2. The van der Waals surface area contributed by atoms with Crippen LogP contribution in [0.2, 0.25) is 5.15 Å². The first-order valence-electron chi connectivity index (χ1n) is 8.67. The predicted octanol–water partition coefficient (Wildman–Crippen LogP) is 1.89. The van der Waals surface area contributed by atoms with Crippen molar-refractivity contribution in [2.45, 2.75) is 13.0 Å². The molecule has 1 N–H and O–H groups in total. The number of pyridine rings is 2. The van der Waals surface area contributed by atoms with Crippen LogP contribution in [0.1, 0.15) is 12.5 Å². The fraction of sp³-hybridized carbons (Fsp3) is 0.444. The third-order valence-corrected chi connectivity index (χ3v) is 6.10. The van der Waals surface area contributed by atoms with Gasteiger partial charge in [-0.1, -0.05) is 11.6 Å². The van der Waals surface area contributed by atoms with Crippen molar-refractivity contribution in [2.75, 3.05) is 24.5 Å². The largest absolute Gasteiger partial charge is 0.465 e. The molecule has 3 atom stereocenters. The standard InChI is InChI=1S/C18H18ClN5O3/c1-9-12-8-23(6-10(12)7-24(9)18(26)27)16-11(5-20)17(25)22(2)13-3-4-14(19)21-15(13)16/h3-4,9-10,12H,6-8H2,1-2H3,(H,26,27)/t9-,10+,12-/m1/s1. The van der Waals surface area contributed by atoms with E-state index in [0.29, 0.717) is 36.4 Å². The van der Waals surface area contributed by atoms with Crippen LogP contribution in [-0.4, -0.2) is 51.3 Å². The number of carbonyl (C=O) groups is 1. The highest BCUT2D eigenvalue weighted by Gasteiger charge is 2.47. The van der Waals surface area contributed by atoms with Gasteiger partial charge in [0.15, 0.2) is 0 Å². The third kappa shape index (κ3) is 2.53. The summed E-state index contributed by atoms with van der Waals surface area (Å²) < 4.78 is 1.41. The van der Waals surface area contributed by atoms with Crippen molar-refractivity contribution in [1.82, 2.24) is 14.5 Å². The summed E-state index contributed by atoms with van der Waals surface area (Å²) in [6.07, 6.45) is -0.909. The third-order valence-electron chi connectivity index (χ3n) is 5.89. The average molecular weight is 388 g/mol. The highest BCUT2D eigenvalue weighted by molar-refractivity contribution is 6.29. The molecule has 0 bridgehead atoms. The van der Waals surface area contributed by atoms with Gasteiger partial charge in [0.25, 0.3) is 5.56 Å². The second-order valence-electron chi connectivity index (χ2n) is 7.21. The van der Waals surface area contributed by atoms with Crippen LogP contribution in [0.25, 0.3) is 11.0 Å². The molecular weight excluding hydrogens is 370 g/mol. The Balaban J connectivity index is 1.83. The van der Waals surface area contributed by atoms with Gasteiger partial charge in [0.1, 0.15) is 22.3 Å². The first kappa shape index (κ1) is 17.6. The van der Waals surface area contributed by atoms with Crippen molar-refractivity contribution in [3.05, 3.63) is 33.2 Å². The van der Waals surface area contributed by atoms with E-state index in [-0.39, 0.29) is 34.2 Å². The maximum Gasteiger partial charge on any atom is 0.407 e. The van der Waals surface area contributed by atoms with Crippen molar-refractivity contribution in [2.24, 2.45) is 18.9 Å². The zero-order valence-corrected chi connectivity index (χ0v) is 15.6. The topological polar surface area (TPSA) is 102 Å². The average Bonchev–Trinajstić information content (AvgIpc) is 3.17. The SMILES string of the molecule is C[C@@H]1[C@H]2CN(c3c(C#N)c(=O)n(C)c4ccc(Cl)nc34)C[C@H]2CN1C(=O)O. The van der Waals surface area contributed by atoms with Crippen LogP contribution in [0.5, 0.6) is 0 Å². The van der Waals surface area contributed by atoms with E-state index in [2.05, 4.69) is 4.98 Å². The Hall–Kier alpha value is -2.79. The van der Waals surface area contributed by atoms with Crippen LogP contribution in [-0.2, 0) is 7.05 Å². The Bertz CT molecular complexity index is 1060. The normalized spacial score (nSPS) is 24.3. The zero-order chi connectivity index (χ0) is 19.5. The van der Waals surface area contributed by atoms with Crippen molar-refractivity contribution >= 4 is 34.4 Å². The van der Waals surface area contributed by atoms with Gasteiger partial charge in [-0.25, -0.2) is 9.78 Å². The smallest absolute Gasteiger partial charge is 0.407 e. The lowest BCUT2D eigenvalue weighted by Gasteiger charge is -2.27. The van der Waals surface area contributed by atoms with Gasteiger partial charge >= 0.3 is 6.09 Å². The van der Waals surface area contributed by atoms with Crippen LogP contribution in [0.15, 0.2) is 16.9 Å². The van der Waals surface area contributed by atoms with E-state index in [1.807, 2.05) is 17.9 Å². The number of anilines is 1. The lowest BCUT2D eigenvalue weighted by atomic mass is 9.95. The molecule has 2 aromatic rings. The number of amides is 1. The van der Waals surface area contributed by atoms with Crippen molar-refractivity contribution in [3.8, 4) is 6.07 Å². The molecule has 140 valence electrons. The molecule has 9 heteroatoms. The van der Waals surface area contributed by atoms with Crippen LogP contribution >= 0.6 is 11.6 Å². The number of likely N-dealkylation sites (tertiary alicyclic amines) is 1. The van der Waals surface area contributed by atoms with Crippen molar-refractivity contribution in [1.29, 1.82) is 5.26 Å². The molecule has 2 aliphatic heterocycles. The minimum Gasteiger partial charge on any atom is -0.465 e. The summed E-state index contributed by atoms with van der Waals surface area (Å²) in [7, 11) is 1.61. The lowest BCUT2D eigenvalue weighted by Crippen LogP contribution is -2.38. The second-order valence-corrected chi connectivity index (χ2v) is 7.59. The molecule has 2 saturated heterocycles.